The Hall–Kier alpha value is -4.92. The molecule has 0 spiro atoms. The molecule has 15 heteroatoms. The minimum absolute atomic E-state index is 0.0213. The van der Waals surface area contributed by atoms with Crippen molar-refractivity contribution < 1.29 is 37.3 Å². The largest absolute Gasteiger partial charge is 0.481 e. The molecular weight excluding hydrogens is 737 g/mol. The summed E-state index contributed by atoms with van der Waals surface area (Å²) in [7, 11) is 2.88. The predicted molar refractivity (Wildman–Crippen MR) is 201 cm³/mol. The molecule has 3 heterocycles. The molecule has 0 bridgehead atoms. The standard InChI is InChI=1S/C40H42ClF3N6O5/c1-54-36-22(19-45-21-24-11-15-33(51)47-24)10-13-32(49-36)29-9-4-8-28(34(29)41)25-6-3-7-27-26(25)12-14-31(27)48-35-30(40(42,43)44)18-23(37(50-35)55-2)20-46-39(38(52)53)16-5-17-39/h3-4,6-10,13,18,24,31,45-46H,5,11-12,14-17,19-21H2,1-2H3,(H,47,51)(H,48,50)(H,52,53)/t24?,31-/m0/s1. The summed E-state index contributed by atoms with van der Waals surface area (Å²) in [6, 6.07) is 15.8. The smallest absolute Gasteiger partial charge is 0.419 e. The summed E-state index contributed by atoms with van der Waals surface area (Å²) in [6.45, 7) is 0.994. The van der Waals surface area contributed by atoms with Gasteiger partial charge in [0.25, 0.3) is 0 Å². The lowest BCUT2D eigenvalue weighted by Crippen LogP contribution is -2.56. The van der Waals surface area contributed by atoms with Gasteiger partial charge in [0.1, 0.15) is 11.4 Å². The molecule has 290 valence electrons. The molecule has 1 saturated heterocycles. The molecule has 3 aliphatic rings. The molecule has 55 heavy (non-hydrogen) atoms. The number of nitrogens with zero attached hydrogens (tertiary/aromatic N) is 2. The van der Waals surface area contributed by atoms with Crippen LogP contribution in [0.15, 0.2) is 54.6 Å². The second-order valence-electron chi connectivity index (χ2n) is 14.2. The lowest BCUT2D eigenvalue weighted by atomic mass is 9.76. The fourth-order valence-electron chi connectivity index (χ4n) is 7.73. The predicted octanol–water partition coefficient (Wildman–Crippen LogP) is 7.06. The molecule has 2 aromatic carbocycles. The van der Waals surface area contributed by atoms with Crippen molar-refractivity contribution in [2.24, 2.45) is 0 Å². The number of carbonyl (C=O) groups is 2. The van der Waals surface area contributed by atoms with E-state index in [0.29, 0.717) is 67.4 Å². The number of aliphatic carboxylic acids is 1. The topological polar surface area (TPSA) is 147 Å². The van der Waals surface area contributed by atoms with Crippen molar-refractivity contribution in [3.63, 3.8) is 0 Å². The summed E-state index contributed by atoms with van der Waals surface area (Å²) in [4.78, 5) is 32.4. The fourth-order valence-corrected chi connectivity index (χ4v) is 8.05. The van der Waals surface area contributed by atoms with Crippen LogP contribution in [0.5, 0.6) is 11.8 Å². The van der Waals surface area contributed by atoms with E-state index in [4.69, 9.17) is 26.1 Å². The van der Waals surface area contributed by atoms with Gasteiger partial charge >= 0.3 is 12.1 Å². The SMILES string of the molecule is COc1nc(-c2cccc(-c3cccc4c3CC[C@@H]4Nc3nc(OC)c(CNC4(C(=O)O)CCC4)cc3C(F)(F)F)c2Cl)ccc1CNCC1CCC(=O)N1. The fraction of sp³-hybridized carbons (Fsp3) is 0.400. The van der Waals surface area contributed by atoms with Crippen molar-refractivity contribution in [3.05, 3.63) is 87.4 Å². The van der Waals surface area contributed by atoms with Gasteiger partial charge < -0.3 is 30.5 Å². The molecule has 2 atom stereocenters. The molecular formula is C40H42ClF3N6O5. The molecule has 2 aromatic heterocycles. The second kappa shape index (κ2) is 15.7. The van der Waals surface area contributed by atoms with Gasteiger partial charge in [-0.2, -0.15) is 18.2 Å². The third-order valence-corrected chi connectivity index (χ3v) is 11.3. The number of nitrogens with one attached hydrogen (secondary N) is 4. The molecule has 4 aromatic rings. The van der Waals surface area contributed by atoms with E-state index in [1.54, 1.807) is 7.11 Å². The number of carboxylic acid groups (broad SMARTS) is 1. The highest BCUT2D eigenvalue weighted by atomic mass is 35.5. The van der Waals surface area contributed by atoms with Crippen molar-refractivity contribution >= 4 is 29.3 Å². The maximum Gasteiger partial charge on any atom is 0.419 e. The van der Waals surface area contributed by atoms with Gasteiger partial charge in [-0.05, 0) is 67.3 Å². The van der Waals surface area contributed by atoms with E-state index >= 15 is 0 Å². The van der Waals surface area contributed by atoms with Gasteiger partial charge in [-0.25, -0.2) is 4.98 Å². The van der Waals surface area contributed by atoms with Crippen LogP contribution in [0.1, 0.15) is 72.4 Å². The monoisotopic (exact) mass is 778 g/mol. The van der Waals surface area contributed by atoms with E-state index in [-0.39, 0.29) is 35.8 Å². The van der Waals surface area contributed by atoms with Crippen LogP contribution < -0.4 is 30.7 Å². The molecule has 0 radical (unpaired) electrons. The van der Waals surface area contributed by atoms with Crippen molar-refractivity contribution in [1.82, 2.24) is 25.9 Å². The quantitative estimate of drug-likeness (QED) is 0.0902. The molecule has 1 aliphatic heterocycles. The molecule has 2 aliphatic carbocycles. The van der Waals surface area contributed by atoms with E-state index in [1.165, 1.54) is 7.11 Å². The van der Waals surface area contributed by atoms with Gasteiger partial charge in [-0.3, -0.25) is 14.9 Å². The molecule has 7 rings (SSSR count). The Morgan fingerprint density at radius 1 is 0.964 bits per heavy atom. The third-order valence-electron chi connectivity index (χ3n) is 10.9. The summed E-state index contributed by atoms with van der Waals surface area (Å²) in [5.41, 5.74) is 3.58. The first-order chi connectivity index (χ1) is 26.4. The Bertz CT molecular complexity index is 2110. The van der Waals surface area contributed by atoms with Crippen molar-refractivity contribution in [3.8, 4) is 34.1 Å². The molecule has 1 saturated carbocycles. The zero-order chi connectivity index (χ0) is 38.9. The van der Waals surface area contributed by atoms with Crippen LogP contribution in [0, 0.1) is 0 Å². The molecule has 1 unspecified atom stereocenters. The van der Waals surface area contributed by atoms with E-state index in [1.807, 2.05) is 48.5 Å². The van der Waals surface area contributed by atoms with E-state index < -0.39 is 29.3 Å². The number of hydrogen-bond acceptors (Lipinski definition) is 9. The van der Waals surface area contributed by atoms with Gasteiger partial charge in [-0.15, -0.1) is 0 Å². The lowest BCUT2D eigenvalue weighted by molar-refractivity contribution is -0.149. The number of ether oxygens (including phenoxy) is 2. The Balaban J connectivity index is 1.13. The van der Waals surface area contributed by atoms with Crippen LogP contribution >= 0.6 is 11.6 Å². The summed E-state index contributed by atoms with van der Waals surface area (Å²) >= 11 is 7.12. The normalized spacial score (nSPS) is 18.7. The van der Waals surface area contributed by atoms with Crippen molar-refractivity contribution in [1.29, 1.82) is 0 Å². The number of hydrogen-bond donors (Lipinski definition) is 5. The van der Waals surface area contributed by atoms with Gasteiger partial charge in [0, 0.05) is 54.4 Å². The van der Waals surface area contributed by atoms with Gasteiger partial charge in [0.05, 0.1) is 36.5 Å². The zero-order valence-corrected chi connectivity index (χ0v) is 31.2. The highest BCUT2D eigenvalue weighted by Crippen LogP contribution is 2.45. The Kier molecular flexibility index (Phi) is 10.9. The van der Waals surface area contributed by atoms with Crippen LogP contribution in [-0.2, 0) is 35.3 Å². The number of pyridine rings is 2. The van der Waals surface area contributed by atoms with Crippen molar-refractivity contribution in [2.45, 2.75) is 81.8 Å². The minimum Gasteiger partial charge on any atom is -0.481 e. The van der Waals surface area contributed by atoms with Crippen LogP contribution in [0.4, 0.5) is 19.0 Å². The van der Waals surface area contributed by atoms with Crippen LogP contribution in [0.3, 0.4) is 0 Å². The zero-order valence-electron chi connectivity index (χ0n) is 30.4. The highest BCUT2D eigenvalue weighted by molar-refractivity contribution is 6.36. The number of amides is 1. The lowest BCUT2D eigenvalue weighted by Gasteiger charge is -2.38. The van der Waals surface area contributed by atoms with Crippen molar-refractivity contribution in [2.75, 3.05) is 26.1 Å². The molecule has 5 N–H and O–H groups in total. The van der Waals surface area contributed by atoms with Gasteiger partial charge in [0.15, 0.2) is 0 Å². The first-order valence-corrected chi connectivity index (χ1v) is 18.6. The number of halogens is 4. The first kappa shape index (κ1) is 38.4. The number of methoxy groups -OCH3 is 2. The number of anilines is 1. The van der Waals surface area contributed by atoms with Gasteiger partial charge in [0.2, 0.25) is 17.7 Å². The molecule has 1 amide bonds. The Morgan fingerprint density at radius 3 is 2.36 bits per heavy atom. The third kappa shape index (κ3) is 7.80. The maximum atomic E-state index is 14.5. The highest BCUT2D eigenvalue weighted by Gasteiger charge is 2.44. The minimum atomic E-state index is -4.74. The molecule has 2 fully saturated rings. The van der Waals surface area contributed by atoms with E-state index in [2.05, 4.69) is 26.3 Å². The van der Waals surface area contributed by atoms with Gasteiger partial charge in [-0.1, -0.05) is 54.1 Å². The maximum absolute atomic E-state index is 14.5. The number of aromatic nitrogens is 2. The van der Waals surface area contributed by atoms with E-state index in [9.17, 15) is 27.9 Å². The summed E-state index contributed by atoms with van der Waals surface area (Å²) in [5.74, 6) is -0.898. The number of fused-ring (bicyclic) bond motifs is 1. The van der Waals surface area contributed by atoms with Crippen LogP contribution in [0.25, 0.3) is 22.4 Å². The average Bonchev–Trinajstić information content (AvgIpc) is 3.76. The molecule has 11 nitrogen and oxygen atoms in total. The number of benzene rings is 2. The van der Waals surface area contributed by atoms with E-state index in [0.717, 1.165) is 46.7 Å². The average molecular weight is 779 g/mol. The number of rotatable bonds is 14. The second-order valence-corrected chi connectivity index (χ2v) is 14.6. The Morgan fingerprint density at radius 2 is 1.69 bits per heavy atom. The van der Waals surface area contributed by atoms with Crippen LogP contribution in [0.2, 0.25) is 5.02 Å². The van der Waals surface area contributed by atoms with Crippen LogP contribution in [-0.4, -0.2) is 59.3 Å². The number of carbonyl (C=O) groups excluding carboxylic acids is 1. The Labute approximate surface area is 321 Å². The summed E-state index contributed by atoms with van der Waals surface area (Å²) in [6.07, 6.45) is -0.804. The summed E-state index contributed by atoms with van der Waals surface area (Å²) in [5, 5.41) is 22.5. The number of carboxylic acids is 1. The number of alkyl halides is 3. The first-order valence-electron chi connectivity index (χ1n) is 18.3. The summed E-state index contributed by atoms with van der Waals surface area (Å²) < 4.78 is 54.7.